The van der Waals surface area contributed by atoms with Crippen LogP contribution in [0.2, 0.25) is 0 Å². The monoisotopic (exact) mass is 989 g/mol. The molecule has 70 heavy (non-hydrogen) atoms. The first kappa shape index (κ1) is 68.4. The van der Waals surface area contributed by atoms with Crippen LogP contribution in [0.3, 0.4) is 0 Å². The predicted octanol–water partition coefficient (Wildman–Crippen LogP) is 21.2. The summed E-state index contributed by atoms with van der Waals surface area (Å²) < 4.78 is 17.0. The number of unbranched alkanes of at least 4 members (excludes halogenated alkanes) is 42. The molecule has 1 unspecified atom stereocenters. The Balaban J connectivity index is 4.29. The van der Waals surface area contributed by atoms with Crippen molar-refractivity contribution in [2.45, 2.75) is 368 Å². The Hall–Kier alpha value is -1.59. The third kappa shape index (κ3) is 55.7. The average molecular weight is 990 g/mol. The molecule has 0 saturated carbocycles. The molecule has 0 saturated heterocycles. The van der Waals surface area contributed by atoms with Gasteiger partial charge >= 0.3 is 17.9 Å². The van der Waals surface area contributed by atoms with Crippen LogP contribution in [0, 0.1) is 11.8 Å². The Morgan fingerprint density at radius 1 is 0.300 bits per heavy atom. The van der Waals surface area contributed by atoms with E-state index >= 15 is 0 Å². The Labute approximate surface area is 438 Å². The van der Waals surface area contributed by atoms with Crippen molar-refractivity contribution in [2.75, 3.05) is 13.2 Å². The third-order valence-corrected chi connectivity index (χ3v) is 15.1. The molecule has 0 fully saturated rings. The van der Waals surface area contributed by atoms with Crippen molar-refractivity contribution in [1.82, 2.24) is 0 Å². The summed E-state index contributed by atoms with van der Waals surface area (Å²) in [7, 11) is 0. The van der Waals surface area contributed by atoms with E-state index in [1.54, 1.807) is 0 Å². The second-order valence-electron chi connectivity index (χ2n) is 22.8. The molecule has 0 aliphatic rings. The second-order valence-corrected chi connectivity index (χ2v) is 22.8. The molecule has 0 bridgehead atoms. The van der Waals surface area contributed by atoms with Gasteiger partial charge in [0.25, 0.3) is 0 Å². The van der Waals surface area contributed by atoms with Crippen LogP contribution in [0.5, 0.6) is 0 Å². The molecule has 2 atom stereocenters. The van der Waals surface area contributed by atoms with Crippen molar-refractivity contribution in [3.05, 3.63) is 0 Å². The molecule has 0 N–H and O–H groups in total. The van der Waals surface area contributed by atoms with Crippen LogP contribution in [0.15, 0.2) is 0 Å². The summed E-state index contributed by atoms with van der Waals surface area (Å²) in [6, 6.07) is 0. The van der Waals surface area contributed by atoms with E-state index in [2.05, 4.69) is 34.6 Å². The summed E-state index contributed by atoms with van der Waals surface area (Å²) in [6.07, 6.45) is 62.4. The van der Waals surface area contributed by atoms with Crippen LogP contribution in [0.4, 0.5) is 0 Å². The SMILES string of the molecule is CCCCCCCCCCCCCCCCCCCCCC(=O)O[C@H](COC(=O)CCCCCCCCCCCCCCCCC(C)CC)COC(=O)CCCCCCCCCCCCCCC(C)C. The van der Waals surface area contributed by atoms with Crippen LogP contribution < -0.4 is 0 Å². The lowest BCUT2D eigenvalue weighted by Gasteiger charge is -2.18. The molecular formula is C64H124O6. The highest BCUT2D eigenvalue weighted by Gasteiger charge is 2.19. The van der Waals surface area contributed by atoms with Gasteiger partial charge < -0.3 is 14.2 Å². The number of hydrogen-bond donors (Lipinski definition) is 0. The van der Waals surface area contributed by atoms with E-state index in [1.165, 1.54) is 250 Å². The van der Waals surface area contributed by atoms with Crippen molar-refractivity contribution >= 4 is 17.9 Å². The first-order valence-corrected chi connectivity index (χ1v) is 31.8. The first-order chi connectivity index (χ1) is 34.3. The van der Waals surface area contributed by atoms with Crippen LogP contribution >= 0.6 is 0 Å². The molecule has 0 heterocycles. The third-order valence-electron chi connectivity index (χ3n) is 15.1. The second kappa shape index (κ2) is 56.7. The van der Waals surface area contributed by atoms with Gasteiger partial charge in [0.2, 0.25) is 0 Å². The molecule has 416 valence electrons. The Morgan fingerprint density at radius 3 is 0.814 bits per heavy atom. The van der Waals surface area contributed by atoms with E-state index in [1.807, 2.05) is 0 Å². The minimum Gasteiger partial charge on any atom is -0.462 e. The maximum Gasteiger partial charge on any atom is 0.306 e. The summed E-state index contributed by atoms with van der Waals surface area (Å²) in [6.45, 7) is 11.5. The number of carbonyl (C=O) groups excluding carboxylic acids is 3. The summed E-state index contributed by atoms with van der Waals surface area (Å²) in [5.41, 5.74) is 0. The maximum absolute atomic E-state index is 12.9. The van der Waals surface area contributed by atoms with Crippen molar-refractivity contribution in [3.63, 3.8) is 0 Å². The fourth-order valence-electron chi connectivity index (χ4n) is 9.90. The normalized spacial score (nSPS) is 12.4. The van der Waals surface area contributed by atoms with E-state index in [0.717, 1.165) is 69.6 Å². The fourth-order valence-corrected chi connectivity index (χ4v) is 9.90. The molecule has 6 heteroatoms. The number of hydrogen-bond acceptors (Lipinski definition) is 6. The van der Waals surface area contributed by atoms with E-state index in [9.17, 15) is 14.4 Å². The molecule has 0 amide bonds. The molecule has 0 aliphatic heterocycles. The van der Waals surface area contributed by atoms with Crippen molar-refractivity contribution in [1.29, 1.82) is 0 Å². The number of ether oxygens (including phenoxy) is 3. The van der Waals surface area contributed by atoms with Crippen LogP contribution in [0.25, 0.3) is 0 Å². The Morgan fingerprint density at radius 2 is 0.543 bits per heavy atom. The van der Waals surface area contributed by atoms with E-state index in [4.69, 9.17) is 14.2 Å². The van der Waals surface area contributed by atoms with Crippen LogP contribution in [-0.4, -0.2) is 37.2 Å². The van der Waals surface area contributed by atoms with Gasteiger partial charge in [-0.1, -0.05) is 324 Å². The largest absolute Gasteiger partial charge is 0.462 e. The zero-order chi connectivity index (χ0) is 51.1. The summed E-state index contributed by atoms with van der Waals surface area (Å²) in [5.74, 6) is 0.897. The Bertz CT molecular complexity index is 1070. The zero-order valence-corrected chi connectivity index (χ0v) is 48.2. The highest BCUT2D eigenvalue weighted by molar-refractivity contribution is 5.71. The van der Waals surface area contributed by atoms with E-state index in [-0.39, 0.29) is 31.1 Å². The molecule has 0 radical (unpaired) electrons. The van der Waals surface area contributed by atoms with Gasteiger partial charge in [-0.3, -0.25) is 14.4 Å². The van der Waals surface area contributed by atoms with Crippen molar-refractivity contribution < 1.29 is 28.6 Å². The Kier molecular flexibility index (Phi) is 55.4. The first-order valence-electron chi connectivity index (χ1n) is 31.8. The predicted molar refractivity (Wildman–Crippen MR) is 303 cm³/mol. The number of rotatable bonds is 58. The molecule has 0 aromatic carbocycles. The summed E-state index contributed by atoms with van der Waals surface area (Å²) >= 11 is 0. The molecule has 0 aliphatic carbocycles. The highest BCUT2D eigenvalue weighted by atomic mass is 16.6. The lowest BCUT2D eigenvalue weighted by molar-refractivity contribution is -0.167. The molecule has 0 aromatic heterocycles. The molecule has 0 aromatic rings. The van der Waals surface area contributed by atoms with Gasteiger partial charge in [-0.05, 0) is 31.1 Å². The van der Waals surface area contributed by atoms with E-state index < -0.39 is 6.10 Å². The topological polar surface area (TPSA) is 78.9 Å². The van der Waals surface area contributed by atoms with Gasteiger partial charge in [-0.2, -0.15) is 0 Å². The minimum atomic E-state index is -0.764. The van der Waals surface area contributed by atoms with Gasteiger partial charge in [0.05, 0.1) is 0 Å². The van der Waals surface area contributed by atoms with Gasteiger partial charge in [0.15, 0.2) is 6.10 Å². The maximum atomic E-state index is 12.9. The van der Waals surface area contributed by atoms with Gasteiger partial charge in [0, 0.05) is 19.3 Å². The van der Waals surface area contributed by atoms with Crippen LogP contribution in [0.1, 0.15) is 362 Å². The quantitative estimate of drug-likeness (QED) is 0.0343. The minimum absolute atomic E-state index is 0.0621. The standard InChI is InChI=1S/C64H124O6/c1-6-8-9-10-11-12-13-14-15-16-17-18-19-24-31-36-41-46-51-56-64(67)70-61(58-69-63(66)55-50-45-40-35-30-26-25-27-32-37-42-47-52-59(3)4)57-68-62(65)54-49-44-39-34-29-23-21-20-22-28-33-38-43-48-53-60(5)7-2/h59-61H,6-58H2,1-5H3/t60?,61-/m1/s1. The molecule has 0 rings (SSSR count). The lowest BCUT2D eigenvalue weighted by atomic mass is 9.99. The van der Waals surface area contributed by atoms with Crippen molar-refractivity contribution in [2.24, 2.45) is 11.8 Å². The summed E-state index contributed by atoms with van der Waals surface area (Å²) in [4.78, 5) is 38.3. The van der Waals surface area contributed by atoms with Gasteiger partial charge in [-0.25, -0.2) is 0 Å². The smallest absolute Gasteiger partial charge is 0.306 e. The molecular weight excluding hydrogens is 865 g/mol. The molecule has 6 nitrogen and oxygen atoms in total. The average Bonchev–Trinajstić information content (AvgIpc) is 3.35. The van der Waals surface area contributed by atoms with Gasteiger partial charge in [0.1, 0.15) is 13.2 Å². The van der Waals surface area contributed by atoms with Gasteiger partial charge in [-0.15, -0.1) is 0 Å². The number of carbonyl (C=O) groups is 3. The lowest BCUT2D eigenvalue weighted by Crippen LogP contribution is -2.30. The highest BCUT2D eigenvalue weighted by Crippen LogP contribution is 2.19. The fraction of sp³-hybridized carbons (Fsp3) is 0.953. The molecule has 0 spiro atoms. The number of esters is 3. The zero-order valence-electron chi connectivity index (χ0n) is 48.2. The summed E-state index contributed by atoms with van der Waals surface area (Å²) in [5, 5.41) is 0. The van der Waals surface area contributed by atoms with Crippen molar-refractivity contribution in [3.8, 4) is 0 Å². The van der Waals surface area contributed by atoms with Crippen LogP contribution in [-0.2, 0) is 28.6 Å². The van der Waals surface area contributed by atoms with E-state index in [0.29, 0.717) is 19.3 Å².